The highest BCUT2D eigenvalue weighted by Gasteiger charge is 2.21. The van der Waals surface area contributed by atoms with Gasteiger partial charge in [0, 0.05) is 11.1 Å². The summed E-state index contributed by atoms with van der Waals surface area (Å²) in [6.07, 6.45) is 0. The van der Waals surface area contributed by atoms with Gasteiger partial charge in [-0.3, -0.25) is 9.59 Å². The first-order chi connectivity index (χ1) is 26.5. The maximum Gasteiger partial charge on any atom is 0.200 e. The monoisotopic (exact) mass is 718 g/mol. The summed E-state index contributed by atoms with van der Waals surface area (Å²) in [5, 5.41) is 12.8. The highest BCUT2D eigenvalue weighted by Crippen LogP contribution is 2.38. The van der Waals surface area contributed by atoms with E-state index in [1.54, 1.807) is 48.5 Å². The molecule has 10 rings (SSSR count). The lowest BCUT2D eigenvalue weighted by atomic mass is 9.91. The lowest BCUT2D eigenvalue weighted by Crippen LogP contribution is -2.14. The van der Waals surface area contributed by atoms with Gasteiger partial charge in [0.15, 0.2) is 13.2 Å². The quantitative estimate of drug-likeness (QED) is 0.104. The zero-order valence-electron chi connectivity index (χ0n) is 28.9. The summed E-state index contributed by atoms with van der Waals surface area (Å²) >= 11 is 0. The zero-order valence-corrected chi connectivity index (χ0v) is 29.7. The van der Waals surface area contributed by atoms with Crippen molar-refractivity contribution in [1.82, 2.24) is 0 Å². The number of Topliss-reactive ketones (excluding diaryl/α,β-unsaturated/α-hetero) is 2. The second-order valence-corrected chi connectivity index (χ2v) is 14.9. The highest BCUT2D eigenvalue weighted by atomic mass is 32.2. The minimum absolute atomic E-state index is 0.178. The molecule has 0 spiro atoms. The fourth-order valence-corrected chi connectivity index (χ4v) is 9.22. The number of hydrogen-bond acceptors (Lipinski definition) is 5. The lowest BCUT2D eigenvalue weighted by Gasteiger charge is -2.16. The van der Waals surface area contributed by atoms with Gasteiger partial charge in [-0.15, -0.1) is 0 Å². The Morgan fingerprint density at radius 1 is 0.389 bits per heavy atom. The molecule has 0 unspecified atom stereocenters. The molecule has 0 saturated carbocycles. The third kappa shape index (κ3) is 5.18. The predicted molar refractivity (Wildman–Crippen MR) is 218 cm³/mol. The Balaban J connectivity index is 0.903. The fourth-order valence-electron chi connectivity index (χ4n) is 7.96. The summed E-state index contributed by atoms with van der Waals surface area (Å²) in [5.74, 6) is 0.313. The number of carbonyl (C=O) groups excluding carboxylic acids is 2. The summed E-state index contributed by atoms with van der Waals surface area (Å²) in [6, 6.07) is 50.6. The molecule has 0 radical (unpaired) electrons. The SMILES string of the molecule is O=C(COc1ccccc1S(=O)c1ccccc1OCC(=O)c1ccc2ccc3cccc4ccc1c2c34)c1ccc2ccc3cccc4ccc1c2c34. The van der Waals surface area contributed by atoms with Crippen LogP contribution in [0.3, 0.4) is 0 Å². The molecule has 0 heterocycles. The topological polar surface area (TPSA) is 69.7 Å². The average molecular weight is 719 g/mol. The molecule has 258 valence electrons. The van der Waals surface area contributed by atoms with E-state index in [9.17, 15) is 13.8 Å². The van der Waals surface area contributed by atoms with Gasteiger partial charge in [0.1, 0.15) is 11.5 Å². The molecule has 0 saturated heterocycles. The van der Waals surface area contributed by atoms with Crippen LogP contribution in [0, 0.1) is 0 Å². The van der Waals surface area contributed by atoms with Gasteiger partial charge in [0.05, 0.1) is 20.6 Å². The Morgan fingerprint density at radius 2 is 0.741 bits per heavy atom. The Labute approximate surface area is 312 Å². The molecule has 0 amide bonds. The van der Waals surface area contributed by atoms with Crippen molar-refractivity contribution in [2.24, 2.45) is 0 Å². The van der Waals surface area contributed by atoms with Crippen LogP contribution in [0.4, 0.5) is 0 Å². The summed E-state index contributed by atoms with van der Waals surface area (Å²) in [6.45, 7) is -0.464. The number of carbonyl (C=O) groups is 2. The molecular weight excluding hydrogens is 689 g/mol. The predicted octanol–water partition coefficient (Wildman–Crippen LogP) is 11.2. The van der Waals surface area contributed by atoms with Gasteiger partial charge in [-0.1, -0.05) is 133 Å². The number of para-hydroxylation sites is 2. The van der Waals surface area contributed by atoms with Crippen LogP contribution in [-0.4, -0.2) is 29.0 Å². The first-order valence-electron chi connectivity index (χ1n) is 17.8. The van der Waals surface area contributed by atoms with E-state index in [0.717, 1.165) is 64.6 Å². The summed E-state index contributed by atoms with van der Waals surface area (Å²) in [7, 11) is -1.75. The van der Waals surface area contributed by atoms with E-state index in [1.165, 1.54) is 0 Å². The molecular formula is C48H30O5S. The molecule has 0 aromatic heterocycles. The van der Waals surface area contributed by atoms with E-state index in [1.807, 2.05) is 48.5 Å². The van der Waals surface area contributed by atoms with Gasteiger partial charge in [0.2, 0.25) is 11.6 Å². The maximum atomic E-state index is 14.2. The van der Waals surface area contributed by atoms with Gasteiger partial charge in [-0.05, 0) is 88.9 Å². The van der Waals surface area contributed by atoms with Crippen molar-refractivity contribution in [3.63, 3.8) is 0 Å². The molecule has 0 N–H and O–H groups in total. The number of hydrogen-bond donors (Lipinski definition) is 0. The first kappa shape index (κ1) is 32.1. The second-order valence-electron chi connectivity index (χ2n) is 13.5. The van der Waals surface area contributed by atoms with Crippen molar-refractivity contribution >= 4 is 87.0 Å². The van der Waals surface area contributed by atoms with Gasteiger partial charge in [-0.2, -0.15) is 0 Å². The van der Waals surface area contributed by atoms with E-state index >= 15 is 0 Å². The van der Waals surface area contributed by atoms with Crippen LogP contribution in [0.5, 0.6) is 11.5 Å². The van der Waals surface area contributed by atoms with E-state index in [4.69, 9.17) is 9.47 Å². The van der Waals surface area contributed by atoms with Crippen LogP contribution in [0.2, 0.25) is 0 Å². The van der Waals surface area contributed by atoms with Crippen molar-refractivity contribution in [3.05, 3.63) is 169 Å². The molecule has 0 aliphatic heterocycles. The van der Waals surface area contributed by atoms with E-state index < -0.39 is 10.8 Å². The van der Waals surface area contributed by atoms with Crippen LogP contribution >= 0.6 is 0 Å². The minimum Gasteiger partial charge on any atom is -0.484 e. The van der Waals surface area contributed by atoms with E-state index in [2.05, 4.69) is 60.7 Å². The smallest absolute Gasteiger partial charge is 0.200 e. The van der Waals surface area contributed by atoms with Gasteiger partial charge in [-0.25, -0.2) is 4.21 Å². The second kappa shape index (κ2) is 12.8. The summed E-state index contributed by atoms with van der Waals surface area (Å²) in [5.41, 5.74) is 1.15. The molecule has 5 nitrogen and oxygen atoms in total. The molecule has 0 bridgehead atoms. The number of ketones is 2. The van der Waals surface area contributed by atoms with Crippen molar-refractivity contribution in [2.45, 2.75) is 9.79 Å². The molecule has 6 heteroatoms. The average Bonchev–Trinajstić information content (AvgIpc) is 3.23. The number of ether oxygens (including phenoxy) is 2. The molecule has 0 aliphatic carbocycles. The minimum atomic E-state index is -1.75. The standard InChI is InChI=1S/C48H30O5S/c49-39(35-23-19-33-17-15-29-7-5-9-31-21-25-37(35)47(33)45(29)31)27-52-41-11-1-3-13-43(41)54(51)44-14-4-2-12-42(44)53-28-40(50)36-24-20-34-18-16-30-8-6-10-32-22-26-38(36)48(34)46(30)32/h1-26H,27-28H2. The van der Waals surface area contributed by atoms with Crippen LogP contribution in [0.1, 0.15) is 20.7 Å². The number of benzene rings is 10. The van der Waals surface area contributed by atoms with E-state index in [-0.39, 0.29) is 24.8 Å². The molecule has 54 heavy (non-hydrogen) atoms. The van der Waals surface area contributed by atoms with Crippen molar-refractivity contribution < 1.29 is 23.3 Å². The van der Waals surface area contributed by atoms with Crippen LogP contribution in [0.15, 0.2) is 168 Å². The summed E-state index contributed by atoms with van der Waals surface area (Å²) in [4.78, 5) is 28.3. The first-order valence-corrected chi connectivity index (χ1v) is 18.9. The Bertz CT molecular complexity index is 2890. The molecule has 10 aromatic rings. The maximum absolute atomic E-state index is 14.2. The summed E-state index contributed by atoms with van der Waals surface area (Å²) < 4.78 is 26.5. The lowest BCUT2D eigenvalue weighted by molar-refractivity contribution is 0.0915. The molecule has 10 aromatic carbocycles. The van der Waals surface area contributed by atoms with Gasteiger partial charge >= 0.3 is 0 Å². The van der Waals surface area contributed by atoms with Crippen molar-refractivity contribution in [2.75, 3.05) is 13.2 Å². The van der Waals surface area contributed by atoms with Gasteiger partial charge < -0.3 is 9.47 Å². The van der Waals surface area contributed by atoms with Crippen LogP contribution < -0.4 is 9.47 Å². The molecule has 0 aliphatic rings. The zero-order chi connectivity index (χ0) is 36.3. The Morgan fingerprint density at radius 3 is 1.17 bits per heavy atom. The van der Waals surface area contributed by atoms with Gasteiger partial charge in [0.25, 0.3) is 0 Å². The van der Waals surface area contributed by atoms with E-state index in [0.29, 0.717) is 32.4 Å². The van der Waals surface area contributed by atoms with Crippen molar-refractivity contribution in [1.29, 1.82) is 0 Å². The highest BCUT2D eigenvalue weighted by molar-refractivity contribution is 7.85. The largest absolute Gasteiger partial charge is 0.484 e. The van der Waals surface area contributed by atoms with Crippen molar-refractivity contribution in [3.8, 4) is 11.5 Å². The Hall–Kier alpha value is -6.63. The normalized spacial score (nSPS) is 11.9. The molecule has 0 atom stereocenters. The fraction of sp³-hybridized carbons (Fsp3) is 0.0417. The Kier molecular flexibility index (Phi) is 7.60. The molecule has 0 fully saturated rings. The third-order valence-corrected chi connectivity index (χ3v) is 11.9. The third-order valence-electron chi connectivity index (χ3n) is 10.5. The number of rotatable bonds is 10. The van der Waals surface area contributed by atoms with Crippen LogP contribution in [-0.2, 0) is 10.8 Å². The van der Waals surface area contributed by atoms with Crippen LogP contribution in [0.25, 0.3) is 64.6 Å².